The number of carbonyl (C=O) groups is 1. The molecule has 0 aliphatic heterocycles. The predicted molar refractivity (Wildman–Crippen MR) is 70.9 cm³/mol. The summed E-state index contributed by atoms with van der Waals surface area (Å²) < 4.78 is 0.753. The van der Waals surface area contributed by atoms with Gasteiger partial charge in [0.1, 0.15) is 4.60 Å². The molecule has 1 N–H and O–H groups in total. The van der Waals surface area contributed by atoms with Crippen molar-refractivity contribution in [3.05, 3.63) is 28.5 Å². The fraction of sp³-hybridized carbons (Fsp3) is 0.538. The summed E-state index contributed by atoms with van der Waals surface area (Å²) in [4.78, 5) is 16.0. The Morgan fingerprint density at radius 3 is 2.53 bits per heavy atom. The Hall–Kier alpha value is -0.900. The van der Waals surface area contributed by atoms with Crippen LogP contribution in [0.1, 0.15) is 48.9 Å². The van der Waals surface area contributed by atoms with Gasteiger partial charge < -0.3 is 5.32 Å². The van der Waals surface area contributed by atoms with Gasteiger partial charge in [-0.25, -0.2) is 4.98 Å². The van der Waals surface area contributed by atoms with E-state index in [2.05, 4.69) is 26.2 Å². The van der Waals surface area contributed by atoms with Crippen LogP contribution in [0.2, 0.25) is 0 Å². The first kappa shape index (κ1) is 12.6. The second-order valence-corrected chi connectivity index (χ2v) is 5.34. The molecule has 92 valence electrons. The van der Waals surface area contributed by atoms with Crippen molar-refractivity contribution in [3.8, 4) is 0 Å². The van der Waals surface area contributed by atoms with Gasteiger partial charge in [-0.3, -0.25) is 4.79 Å². The monoisotopic (exact) mass is 296 g/mol. The number of hydrogen-bond donors (Lipinski definition) is 1. The van der Waals surface area contributed by atoms with Crippen LogP contribution < -0.4 is 5.32 Å². The van der Waals surface area contributed by atoms with Gasteiger partial charge in [-0.2, -0.15) is 0 Å². The van der Waals surface area contributed by atoms with Crippen LogP contribution in [0, 0.1) is 0 Å². The van der Waals surface area contributed by atoms with Gasteiger partial charge in [-0.05, 0) is 40.9 Å². The van der Waals surface area contributed by atoms with E-state index in [1.54, 1.807) is 18.3 Å². The molecule has 1 amide bonds. The number of carbonyl (C=O) groups excluding carboxylic acids is 1. The van der Waals surface area contributed by atoms with E-state index in [4.69, 9.17) is 0 Å². The van der Waals surface area contributed by atoms with Crippen LogP contribution in [0.4, 0.5) is 0 Å². The molecule has 0 saturated heterocycles. The highest BCUT2D eigenvalue weighted by atomic mass is 79.9. The number of hydrogen-bond acceptors (Lipinski definition) is 2. The number of aromatic nitrogens is 1. The van der Waals surface area contributed by atoms with E-state index in [0.717, 1.165) is 17.4 Å². The van der Waals surface area contributed by atoms with Crippen LogP contribution in [-0.4, -0.2) is 16.9 Å². The number of nitrogens with zero attached hydrogens (tertiary/aromatic N) is 1. The lowest BCUT2D eigenvalue weighted by Gasteiger charge is -2.15. The number of amides is 1. The molecule has 17 heavy (non-hydrogen) atoms. The molecule has 1 aromatic rings. The molecule has 0 bridgehead atoms. The average Bonchev–Trinajstić information content (AvgIpc) is 2.58. The fourth-order valence-electron chi connectivity index (χ4n) is 2.20. The second kappa shape index (κ2) is 6.15. The van der Waals surface area contributed by atoms with E-state index >= 15 is 0 Å². The first-order chi connectivity index (χ1) is 8.25. The molecule has 2 rings (SSSR count). The molecule has 1 aliphatic rings. The largest absolute Gasteiger partial charge is 0.349 e. The Labute approximate surface area is 110 Å². The maximum absolute atomic E-state index is 12.0. The van der Waals surface area contributed by atoms with E-state index in [9.17, 15) is 4.79 Å². The summed E-state index contributed by atoms with van der Waals surface area (Å²) in [6, 6.07) is 3.93. The van der Waals surface area contributed by atoms with Crippen LogP contribution in [0.25, 0.3) is 0 Å². The fourth-order valence-corrected chi connectivity index (χ4v) is 2.44. The topological polar surface area (TPSA) is 42.0 Å². The van der Waals surface area contributed by atoms with E-state index in [-0.39, 0.29) is 5.91 Å². The molecule has 1 aromatic heterocycles. The smallest absolute Gasteiger partial charge is 0.253 e. The second-order valence-electron chi connectivity index (χ2n) is 4.53. The van der Waals surface area contributed by atoms with Crippen molar-refractivity contribution < 1.29 is 4.79 Å². The maximum atomic E-state index is 12.0. The molecule has 0 aromatic carbocycles. The summed E-state index contributed by atoms with van der Waals surface area (Å²) in [5.41, 5.74) is 0.637. The molecular formula is C13H17BrN2O. The summed E-state index contributed by atoms with van der Waals surface area (Å²) in [7, 11) is 0. The van der Waals surface area contributed by atoms with Crippen molar-refractivity contribution in [1.82, 2.24) is 10.3 Å². The summed E-state index contributed by atoms with van der Waals surface area (Å²) in [6.07, 6.45) is 8.87. The zero-order valence-electron chi connectivity index (χ0n) is 9.79. The van der Waals surface area contributed by atoms with Gasteiger partial charge in [0.05, 0.1) is 5.56 Å². The SMILES string of the molecule is O=C(NC1CCCCCC1)c1ccc(Br)nc1. The standard InChI is InChI=1S/C13H17BrN2O/c14-12-8-7-10(9-15-12)13(17)16-11-5-3-1-2-4-6-11/h7-9,11H,1-6H2,(H,16,17). The highest BCUT2D eigenvalue weighted by Gasteiger charge is 2.15. The third-order valence-corrected chi connectivity index (χ3v) is 3.65. The van der Waals surface area contributed by atoms with Crippen LogP contribution in [-0.2, 0) is 0 Å². The Kier molecular flexibility index (Phi) is 4.54. The molecule has 1 saturated carbocycles. The zero-order valence-corrected chi connectivity index (χ0v) is 11.4. The van der Waals surface area contributed by atoms with Gasteiger partial charge in [0.2, 0.25) is 0 Å². The molecule has 0 radical (unpaired) electrons. The molecule has 0 atom stereocenters. The Bertz CT molecular complexity index is 370. The Balaban J connectivity index is 1.93. The van der Waals surface area contributed by atoms with Crippen molar-refractivity contribution in [2.24, 2.45) is 0 Å². The molecule has 0 unspecified atom stereocenters. The molecule has 4 heteroatoms. The van der Waals surface area contributed by atoms with Gasteiger partial charge in [-0.15, -0.1) is 0 Å². The third kappa shape index (κ3) is 3.80. The summed E-state index contributed by atoms with van der Waals surface area (Å²) in [5.74, 6) is -0.00287. The van der Waals surface area contributed by atoms with E-state index in [1.165, 1.54) is 25.7 Å². The molecule has 1 aliphatic carbocycles. The van der Waals surface area contributed by atoms with Gasteiger partial charge in [0.25, 0.3) is 5.91 Å². The van der Waals surface area contributed by atoms with Crippen LogP contribution in [0.5, 0.6) is 0 Å². The first-order valence-electron chi connectivity index (χ1n) is 6.18. The van der Waals surface area contributed by atoms with Crippen molar-refractivity contribution in [2.75, 3.05) is 0 Å². The zero-order chi connectivity index (χ0) is 12.1. The van der Waals surface area contributed by atoms with E-state index < -0.39 is 0 Å². The molecular weight excluding hydrogens is 280 g/mol. The maximum Gasteiger partial charge on any atom is 0.253 e. The van der Waals surface area contributed by atoms with E-state index in [0.29, 0.717) is 11.6 Å². The van der Waals surface area contributed by atoms with Crippen LogP contribution in [0.15, 0.2) is 22.9 Å². The number of rotatable bonds is 2. The third-order valence-electron chi connectivity index (χ3n) is 3.18. The average molecular weight is 297 g/mol. The quantitative estimate of drug-likeness (QED) is 0.672. The van der Waals surface area contributed by atoms with E-state index in [1.807, 2.05) is 0 Å². The highest BCUT2D eigenvalue weighted by Crippen LogP contribution is 2.17. The Morgan fingerprint density at radius 2 is 1.94 bits per heavy atom. The van der Waals surface area contributed by atoms with Crippen molar-refractivity contribution in [3.63, 3.8) is 0 Å². The van der Waals surface area contributed by atoms with Crippen LogP contribution >= 0.6 is 15.9 Å². The normalized spacial score (nSPS) is 17.5. The van der Waals surface area contributed by atoms with Gasteiger partial charge in [-0.1, -0.05) is 25.7 Å². The van der Waals surface area contributed by atoms with Gasteiger partial charge in [0, 0.05) is 12.2 Å². The predicted octanol–water partition coefficient (Wildman–Crippen LogP) is 3.30. The highest BCUT2D eigenvalue weighted by molar-refractivity contribution is 9.10. The lowest BCUT2D eigenvalue weighted by atomic mass is 10.1. The summed E-state index contributed by atoms with van der Waals surface area (Å²) in [6.45, 7) is 0. The minimum Gasteiger partial charge on any atom is -0.349 e. The van der Waals surface area contributed by atoms with Gasteiger partial charge in [0.15, 0.2) is 0 Å². The van der Waals surface area contributed by atoms with Gasteiger partial charge >= 0.3 is 0 Å². The molecule has 1 heterocycles. The molecule has 0 spiro atoms. The summed E-state index contributed by atoms with van der Waals surface area (Å²) in [5, 5.41) is 3.10. The molecule has 1 fully saturated rings. The van der Waals surface area contributed by atoms with Crippen molar-refractivity contribution in [1.29, 1.82) is 0 Å². The van der Waals surface area contributed by atoms with Crippen molar-refractivity contribution >= 4 is 21.8 Å². The lowest BCUT2D eigenvalue weighted by Crippen LogP contribution is -2.34. The first-order valence-corrected chi connectivity index (χ1v) is 6.97. The van der Waals surface area contributed by atoms with Crippen LogP contribution in [0.3, 0.4) is 0 Å². The Morgan fingerprint density at radius 1 is 1.24 bits per heavy atom. The summed E-state index contributed by atoms with van der Waals surface area (Å²) >= 11 is 3.26. The minimum atomic E-state index is -0.00287. The number of nitrogens with one attached hydrogen (secondary N) is 1. The lowest BCUT2D eigenvalue weighted by molar-refractivity contribution is 0.0933. The number of halogens is 1. The number of pyridine rings is 1. The minimum absolute atomic E-state index is 0.00287. The van der Waals surface area contributed by atoms with Crippen molar-refractivity contribution in [2.45, 2.75) is 44.6 Å². The molecule has 3 nitrogen and oxygen atoms in total.